The van der Waals surface area contributed by atoms with Crippen molar-refractivity contribution in [3.05, 3.63) is 23.8 Å². The van der Waals surface area contributed by atoms with Crippen LogP contribution in [-0.4, -0.2) is 63.8 Å². The second-order valence-electron chi connectivity index (χ2n) is 6.73. The molecule has 1 aromatic rings. The van der Waals surface area contributed by atoms with E-state index in [4.69, 9.17) is 9.47 Å². The number of nitrogens with zero attached hydrogens (tertiary/aromatic N) is 2. The Morgan fingerprint density at radius 2 is 1.68 bits per heavy atom. The molecule has 0 unspecified atom stereocenters. The number of hydrogen-bond donors (Lipinski definition) is 2. The smallest absolute Gasteiger partial charge is 0.191 e. The molecule has 1 aliphatic rings. The van der Waals surface area contributed by atoms with Crippen molar-refractivity contribution in [2.75, 3.05) is 53.0 Å². The van der Waals surface area contributed by atoms with Crippen molar-refractivity contribution < 1.29 is 9.47 Å². The fraction of sp³-hybridized carbons (Fsp3) is 0.667. The average Bonchev–Trinajstić information content (AvgIpc) is 2.70. The van der Waals surface area contributed by atoms with E-state index in [1.165, 1.54) is 37.9 Å². The van der Waals surface area contributed by atoms with Crippen molar-refractivity contribution in [3.8, 4) is 11.5 Å². The maximum absolute atomic E-state index is 5.70. The fourth-order valence-electron chi connectivity index (χ4n) is 3.31. The zero-order valence-corrected chi connectivity index (χ0v) is 20.0. The van der Waals surface area contributed by atoms with Gasteiger partial charge in [-0.15, -0.1) is 24.0 Å². The molecule has 0 radical (unpaired) electrons. The molecule has 0 aliphatic carbocycles. The van der Waals surface area contributed by atoms with Crippen LogP contribution in [0, 0.1) is 0 Å². The first-order valence-corrected chi connectivity index (χ1v) is 10.3. The number of halogens is 1. The summed E-state index contributed by atoms with van der Waals surface area (Å²) >= 11 is 0. The van der Waals surface area contributed by atoms with E-state index in [9.17, 15) is 0 Å². The second-order valence-corrected chi connectivity index (χ2v) is 6.73. The van der Waals surface area contributed by atoms with Gasteiger partial charge in [0.1, 0.15) is 0 Å². The minimum Gasteiger partial charge on any atom is -0.490 e. The molecule has 1 fully saturated rings. The van der Waals surface area contributed by atoms with Gasteiger partial charge in [-0.1, -0.05) is 12.5 Å². The van der Waals surface area contributed by atoms with Crippen molar-refractivity contribution in [2.45, 2.75) is 39.5 Å². The number of rotatable bonds is 10. The summed E-state index contributed by atoms with van der Waals surface area (Å²) in [5.74, 6) is 2.50. The highest BCUT2D eigenvalue weighted by atomic mass is 127. The molecule has 6 nitrogen and oxygen atoms in total. The summed E-state index contributed by atoms with van der Waals surface area (Å²) < 4.78 is 11.3. The number of piperidine rings is 1. The number of benzene rings is 1. The van der Waals surface area contributed by atoms with Gasteiger partial charge in [0.15, 0.2) is 17.5 Å². The topological polar surface area (TPSA) is 58.1 Å². The standard InChI is InChI=1S/C21H36N4O2.HI/c1-4-26-19-10-9-18(17-20(19)27-5-2)11-12-23-21(22-3)24-13-16-25-14-7-6-8-15-25;/h9-10,17H,4-8,11-16H2,1-3H3,(H2,22,23,24);1H. The van der Waals surface area contributed by atoms with Gasteiger partial charge in [0.25, 0.3) is 0 Å². The van der Waals surface area contributed by atoms with Gasteiger partial charge in [0.2, 0.25) is 0 Å². The SMILES string of the molecule is CCOc1ccc(CCNC(=NC)NCCN2CCCCC2)cc1OCC.I. The van der Waals surface area contributed by atoms with Crippen LogP contribution in [0.2, 0.25) is 0 Å². The Morgan fingerprint density at radius 1 is 1.00 bits per heavy atom. The molecule has 7 heteroatoms. The maximum Gasteiger partial charge on any atom is 0.191 e. The molecule has 0 bridgehead atoms. The number of hydrogen-bond acceptors (Lipinski definition) is 4. The highest BCUT2D eigenvalue weighted by Gasteiger charge is 2.10. The predicted molar refractivity (Wildman–Crippen MR) is 128 cm³/mol. The summed E-state index contributed by atoms with van der Waals surface area (Å²) in [5.41, 5.74) is 1.22. The average molecular weight is 504 g/mol. The van der Waals surface area contributed by atoms with Crippen molar-refractivity contribution in [2.24, 2.45) is 4.99 Å². The lowest BCUT2D eigenvalue weighted by Crippen LogP contribution is -2.43. The quantitative estimate of drug-likeness (QED) is 0.291. The normalized spacial score (nSPS) is 14.9. The molecule has 160 valence electrons. The van der Waals surface area contributed by atoms with Crippen LogP contribution in [-0.2, 0) is 6.42 Å². The van der Waals surface area contributed by atoms with Crippen LogP contribution in [0.15, 0.2) is 23.2 Å². The lowest BCUT2D eigenvalue weighted by atomic mass is 10.1. The number of ether oxygens (including phenoxy) is 2. The van der Waals surface area contributed by atoms with Crippen LogP contribution < -0.4 is 20.1 Å². The lowest BCUT2D eigenvalue weighted by Gasteiger charge is -2.26. The molecule has 1 saturated heterocycles. The van der Waals surface area contributed by atoms with E-state index in [-0.39, 0.29) is 24.0 Å². The van der Waals surface area contributed by atoms with Gasteiger partial charge >= 0.3 is 0 Å². The molecule has 0 amide bonds. The van der Waals surface area contributed by atoms with Crippen molar-refractivity contribution >= 4 is 29.9 Å². The monoisotopic (exact) mass is 504 g/mol. The Hall–Kier alpha value is -1.22. The van der Waals surface area contributed by atoms with Gasteiger partial charge in [-0.05, 0) is 63.9 Å². The van der Waals surface area contributed by atoms with Crippen molar-refractivity contribution in [3.63, 3.8) is 0 Å². The molecule has 1 aliphatic heterocycles. The number of likely N-dealkylation sites (tertiary alicyclic amines) is 1. The van der Waals surface area contributed by atoms with E-state index in [0.717, 1.165) is 43.5 Å². The van der Waals surface area contributed by atoms with Gasteiger partial charge in [0, 0.05) is 26.7 Å². The molecule has 0 spiro atoms. The summed E-state index contributed by atoms with van der Waals surface area (Å²) in [6, 6.07) is 6.17. The second kappa shape index (κ2) is 14.7. The molecule has 28 heavy (non-hydrogen) atoms. The van der Waals surface area contributed by atoms with E-state index < -0.39 is 0 Å². The maximum atomic E-state index is 5.70. The minimum atomic E-state index is 0. The first-order valence-electron chi connectivity index (χ1n) is 10.3. The van der Waals surface area contributed by atoms with Gasteiger partial charge in [-0.25, -0.2) is 0 Å². The molecule has 0 saturated carbocycles. The number of nitrogens with one attached hydrogen (secondary N) is 2. The third kappa shape index (κ3) is 8.86. The molecular weight excluding hydrogens is 467 g/mol. The lowest BCUT2D eigenvalue weighted by molar-refractivity contribution is 0.232. The third-order valence-corrected chi connectivity index (χ3v) is 4.71. The molecule has 2 N–H and O–H groups in total. The summed E-state index contributed by atoms with van der Waals surface area (Å²) in [6.45, 7) is 10.5. The Bertz CT molecular complexity index is 578. The van der Waals surface area contributed by atoms with E-state index >= 15 is 0 Å². The summed E-state index contributed by atoms with van der Waals surface area (Å²) in [7, 11) is 1.82. The Labute approximate surface area is 187 Å². The summed E-state index contributed by atoms with van der Waals surface area (Å²) in [4.78, 5) is 6.85. The molecule has 1 aromatic carbocycles. The molecule has 0 aromatic heterocycles. The molecule has 1 heterocycles. The van der Waals surface area contributed by atoms with E-state index in [1.54, 1.807) is 0 Å². The van der Waals surface area contributed by atoms with Gasteiger partial charge in [-0.2, -0.15) is 0 Å². The Balaban J connectivity index is 0.00000392. The zero-order valence-electron chi connectivity index (χ0n) is 17.6. The minimum absolute atomic E-state index is 0. The van der Waals surface area contributed by atoms with Crippen LogP contribution in [0.1, 0.15) is 38.7 Å². The van der Waals surface area contributed by atoms with Gasteiger partial charge in [0.05, 0.1) is 13.2 Å². The Kier molecular flexibility index (Phi) is 13.1. The highest BCUT2D eigenvalue weighted by Crippen LogP contribution is 2.28. The van der Waals surface area contributed by atoms with E-state index in [1.807, 2.05) is 27.0 Å². The fourth-order valence-corrected chi connectivity index (χ4v) is 3.31. The van der Waals surface area contributed by atoms with Crippen LogP contribution >= 0.6 is 24.0 Å². The van der Waals surface area contributed by atoms with E-state index in [0.29, 0.717) is 13.2 Å². The first kappa shape index (κ1) is 24.8. The highest BCUT2D eigenvalue weighted by molar-refractivity contribution is 14.0. The van der Waals surface area contributed by atoms with E-state index in [2.05, 4.69) is 32.7 Å². The van der Waals surface area contributed by atoms with Gasteiger partial charge < -0.3 is 25.0 Å². The van der Waals surface area contributed by atoms with Crippen molar-refractivity contribution in [1.29, 1.82) is 0 Å². The Morgan fingerprint density at radius 3 is 2.36 bits per heavy atom. The molecule has 0 atom stereocenters. The van der Waals surface area contributed by atoms with Crippen LogP contribution in [0.4, 0.5) is 0 Å². The van der Waals surface area contributed by atoms with Crippen LogP contribution in [0.3, 0.4) is 0 Å². The predicted octanol–water partition coefficient (Wildman–Crippen LogP) is 3.30. The molecule has 2 rings (SSSR count). The van der Waals surface area contributed by atoms with Crippen LogP contribution in [0.25, 0.3) is 0 Å². The first-order chi connectivity index (χ1) is 13.3. The van der Waals surface area contributed by atoms with Gasteiger partial charge in [-0.3, -0.25) is 4.99 Å². The summed E-state index contributed by atoms with van der Waals surface area (Å²) in [5, 5.41) is 6.81. The zero-order chi connectivity index (χ0) is 19.3. The number of guanidine groups is 1. The number of aliphatic imine (C=N–C) groups is 1. The van der Waals surface area contributed by atoms with Crippen LogP contribution in [0.5, 0.6) is 11.5 Å². The largest absolute Gasteiger partial charge is 0.490 e. The molecular formula is C21H37IN4O2. The summed E-state index contributed by atoms with van der Waals surface area (Å²) in [6.07, 6.45) is 4.95. The third-order valence-electron chi connectivity index (χ3n) is 4.71. The van der Waals surface area contributed by atoms with Crippen molar-refractivity contribution in [1.82, 2.24) is 15.5 Å².